The zero-order chi connectivity index (χ0) is 15.5. The highest BCUT2D eigenvalue weighted by molar-refractivity contribution is 5.94. The van der Waals surface area contributed by atoms with Crippen LogP contribution in [0.15, 0.2) is 0 Å². The van der Waals surface area contributed by atoms with Crippen LogP contribution in [0.5, 0.6) is 0 Å². The predicted molar refractivity (Wildman–Crippen MR) is 79.3 cm³/mol. The van der Waals surface area contributed by atoms with Gasteiger partial charge in [-0.1, -0.05) is 13.8 Å². The molecule has 2 N–H and O–H groups in total. The van der Waals surface area contributed by atoms with Gasteiger partial charge in [0, 0.05) is 13.1 Å². The first-order valence-electron chi connectivity index (χ1n) is 6.60. The molecule has 0 bridgehead atoms. The lowest BCUT2D eigenvalue weighted by Crippen LogP contribution is -2.35. The first-order valence-corrected chi connectivity index (χ1v) is 6.60. The monoisotopic (exact) mass is 280 g/mol. The molecule has 6 nitrogen and oxygen atoms in total. The summed E-state index contributed by atoms with van der Waals surface area (Å²) in [6.07, 6.45) is 0. The van der Waals surface area contributed by atoms with E-state index in [2.05, 4.69) is 34.3 Å². The van der Waals surface area contributed by atoms with E-state index in [0.717, 1.165) is 6.54 Å². The number of hydrogen-bond donors (Lipinski definition) is 2. The summed E-state index contributed by atoms with van der Waals surface area (Å²) in [7, 11) is 4.03. The molecule has 0 unspecified atom stereocenters. The normalized spacial score (nSPS) is 11.8. The van der Waals surface area contributed by atoms with E-state index in [1.165, 1.54) is 0 Å². The van der Waals surface area contributed by atoms with Crippen LogP contribution in [0, 0.1) is 19.3 Å². The van der Waals surface area contributed by atoms with Crippen LogP contribution in [0.1, 0.15) is 35.5 Å². The van der Waals surface area contributed by atoms with Crippen LogP contribution in [-0.4, -0.2) is 53.4 Å². The third kappa shape index (κ3) is 4.16. The van der Waals surface area contributed by atoms with Gasteiger partial charge in [0.25, 0.3) is 0 Å². The average molecular weight is 280 g/mol. The molecule has 0 amide bonds. The van der Waals surface area contributed by atoms with Gasteiger partial charge in [-0.05, 0) is 38.9 Å². The minimum Gasteiger partial charge on any atom is -0.478 e. The number of aryl methyl sites for hydroxylation is 1. The standard InChI is InChI=1S/C14H24N4O2/c1-9-10(2)16-17-12(11(9)13(19)20)15-7-14(3,4)8-18(5)6/h7-8H2,1-6H3,(H,15,17)(H,19,20). The Balaban J connectivity index is 2.94. The second-order valence-corrected chi connectivity index (χ2v) is 6.19. The van der Waals surface area contributed by atoms with E-state index in [1.807, 2.05) is 14.1 Å². The Morgan fingerprint density at radius 3 is 2.40 bits per heavy atom. The Hall–Kier alpha value is -1.69. The highest BCUT2D eigenvalue weighted by Crippen LogP contribution is 2.21. The molecule has 1 aromatic rings. The quantitative estimate of drug-likeness (QED) is 0.827. The molecule has 0 saturated heterocycles. The Morgan fingerprint density at radius 1 is 1.30 bits per heavy atom. The van der Waals surface area contributed by atoms with Crippen molar-refractivity contribution in [2.45, 2.75) is 27.7 Å². The summed E-state index contributed by atoms with van der Waals surface area (Å²) in [6, 6.07) is 0. The molecule has 0 saturated carbocycles. The third-order valence-electron chi connectivity index (χ3n) is 3.15. The number of carboxylic acid groups (broad SMARTS) is 1. The molecular formula is C14H24N4O2. The molecule has 1 aromatic heterocycles. The Morgan fingerprint density at radius 2 is 1.90 bits per heavy atom. The zero-order valence-electron chi connectivity index (χ0n) is 13.1. The van der Waals surface area contributed by atoms with Crippen molar-refractivity contribution in [2.75, 3.05) is 32.5 Å². The summed E-state index contributed by atoms with van der Waals surface area (Å²) >= 11 is 0. The molecule has 0 aliphatic heterocycles. The van der Waals surface area contributed by atoms with Crippen molar-refractivity contribution in [1.29, 1.82) is 0 Å². The molecule has 20 heavy (non-hydrogen) atoms. The van der Waals surface area contributed by atoms with Crippen molar-refractivity contribution in [3.8, 4) is 0 Å². The first kappa shape index (κ1) is 16.4. The van der Waals surface area contributed by atoms with Gasteiger partial charge in [0.15, 0.2) is 5.82 Å². The smallest absolute Gasteiger partial charge is 0.339 e. The molecule has 0 aliphatic carbocycles. The van der Waals surface area contributed by atoms with E-state index >= 15 is 0 Å². The maximum Gasteiger partial charge on any atom is 0.339 e. The SMILES string of the molecule is Cc1nnc(NCC(C)(C)CN(C)C)c(C(=O)O)c1C. The number of anilines is 1. The fourth-order valence-corrected chi connectivity index (χ4v) is 2.23. The number of carboxylic acids is 1. The molecule has 6 heteroatoms. The highest BCUT2D eigenvalue weighted by atomic mass is 16.4. The highest BCUT2D eigenvalue weighted by Gasteiger charge is 2.22. The van der Waals surface area contributed by atoms with E-state index in [-0.39, 0.29) is 11.0 Å². The molecule has 1 rings (SSSR count). The number of nitrogens with zero attached hydrogens (tertiary/aromatic N) is 3. The maximum absolute atomic E-state index is 11.4. The van der Waals surface area contributed by atoms with Crippen LogP contribution >= 0.6 is 0 Å². The van der Waals surface area contributed by atoms with E-state index in [9.17, 15) is 9.90 Å². The van der Waals surface area contributed by atoms with Gasteiger partial charge in [0.1, 0.15) is 5.56 Å². The molecule has 1 heterocycles. The Labute approximate surface area is 120 Å². The number of hydrogen-bond acceptors (Lipinski definition) is 5. The Kier molecular flexibility index (Phi) is 5.05. The van der Waals surface area contributed by atoms with Gasteiger partial charge >= 0.3 is 5.97 Å². The first-order chi connectivity index (χ1) is 9.14. The van der Waals surface area contributed by atoms with Crippen molar-refractivity contribution in [2.24, 2.45) is 5.41 Å². The van der Waals surface area contributed by atoms with Crippen LogP contribution in [0.2, 0.25) is 0 Å². The summed E-state index contributed by atoms with van der Waals surface area (Å²) in [4.78, 5) is 13.5. The van der Waals surface area contributed by atoms with Gasteiger partial charge in [0.2, 0.25) is 0 Å². The predicted octanol–water partition coefficient (Wildman–Crippen LogP) is 1.79. The molecule has 0 aliphatic rings. The Bertz CT molecular complexity index is 498. The number of aromatic nitrogens is 2. The molecule has 0 fully saturated rings. The lowest BCUT2D eigenvalue weighted by molar-refractivity contribution is 0.0696. The van der Waals surface area contributed by atoms with Gasteiger partial charge in [-0.3, -0.25) is 0 Å². The van der Waals surface area contributed by atoms with Gasteiger partial charge in [-0.25, -0.2) is 4.79 Å². The zero-order valence-corrected chi connectivity index (χ0v) is 13.1. The molecular weight excluding hydrogens is 256 g/mol. The fourth-order valence-electron chi connectivity index (χ4n) is 2.23. The summed E-state index contributed by atoms with van der Waals surface area (Å²) in [5, 5.41) is 20.4. The minimum atomic E-state index is -0.978. The molecule has 0 atom stereocenters. The van der Waals surface area contributed by atoms with Crippen LogP contribution < -0.4 is 5.32 Å². The van der Waals surface area contributed by atoms with E-state index < -0.39 is 5.97 Å². The van der Waals surface area contributed by atoms with Crippen molar-refractivity contribution in [3.63, 3.8) is 0 Å². The molecule has 0 radical (unpaired) electrons. The summed E-state index contributed by atoms with van der Waals surface area (Å²) in [5.74, 6) is -0.638. The van der Waals surface area contributed by atoms with Crippen molar-refractivity contribution < 1.29 is 9.90 Å². The average Bonchev–Trinajstić information content (AvgIpc) is 2.28. The van der Waals surface area contributed by atoms with E-state index in [4.69, 9.17) is 0 Å². The lowest BCUT2D eigenvalue weighted by atomic mass is 9.93. The second kappa shape index (κ2) is 6.17. The van der Waals surface area contributed by atoms with Gasteiger partial charge < -0.3 is 15.3 Å². The van der Waals surface area contributed by atoms with Crippen molar-refractivity contribution in [3.05, 3.63) is 16.8 Å². The van der Waals surface area contributed by atoms with Crippen LogP contribution in [0.4, 0.5) is 5.82 Å². The van der Waals surface area contributed by atoms with Gasteiger partial charge in [-0.15, -0.1) is 5.10 Å². The second-order valence-electron chi connectivity index (χ2n) is 6.19. The number of nitrogens with one attached hydrogen (secondary N) is 1. The van der Waals surface area contributed by atoms with Crippen LogP contribution in [0.25, 0.3) is 0 Å². The van der Waals surface area contributed by atoms with Crippen LogP contribution in [-0.2, 0) is 0 Å². The van der Waals surface area contributed by atoms with Gasteiger partial charge in [0.05, 0.1) is 5.69 Å². The summed E-state index contributed by atoms with van der Waals surface area (Å²) < 4.78 is 0. The van der Waals surface area contributed by atoms with E-state index in [1.54, 1.807) is 13.8 Å². The van der Waals surface area contributed by atoms with Crippen molar-refractivity contribution in [1.82, 2.24) is 15.1 Å². The third-order valence-corrected chi connectivity index (χ3v) is 3.15. The largest absolute Gasteiger partial charge is 0.478 e. The van der Waals surface area contributed by atoms with Crippen molar-refractivity contribution >= 4 is 11.8 Å². The molecule has 0 spiro atoms. The number of rotatable bonds is 6. The number of aromatic carboxylic acids is 1. The fraction of sp³-hybridized carbons (Fsp3) is 0.643. The summed E-state index contributed by atoms with van der Waals surface area (Å²) in [5.41, 5.74) is 1.50. The summed E-state index contributed by atoms with van der Waals surface area (Å²) in [6.45, 7) is 9.27. The molecule has 112 valence electrons. The van der Waals surface area contributed by atoms with Gasteiger partial charge in [-0.2, -0.15) is 5.10 Å². The lowest BCUT2D eigenvalue weighted by Gasteiger charge is -2.28. The minimum absolute atomic E-state index is 0.000254. The van der Waals surface area contributed by atoms with E-state index in [0.29, 0.717) is 23.6 Å². The van der Waals surface area contributed by atoms with Crippen LogP contribution in [0.3, 0.4) is 0 Å². The maximum atomic E-state index is 11.4. The molecule has 0 aromatic carbocycles. The number of carbonyl (C=O) groups is 1. The topological polar surface area (TPSA) is 78.4 Å².